The Hall–Kier alpha value is -7.43. The van der Waals surface area contributed by atoms with E-state index in [1.807, 2.05) is 21.1 Å². The van der Waals surface area contributed by atoms with Gasteiger partial charge in [0.2, 0.25) is 0 Å². The molecular formula is C98H149NO8. The summed E-state index contributed by atoms with van der Waals surface area (Å²) in [4.78, 5) is 37.6. The number of carbonyl (C=O) groups is 3. The van der Waals surface area contributed by atoms with E-state index < -0.39 is 24.3 Å². The number of ether oxygens (including phenoxy) is 4. The molecule has 0 amide bonds. The average Bonchev–Trinajstić information content (AvgIpc) is 0.928. The van der Waals surface area contributed by atoms with Gasteiger partial charge >= 0.3 is 11.9 Å². The van der Waals surface area contributed by atoms with Crippen molar-refractivity contribution in [3.63, 3.8) is 0 Å². The maximum atomic E-state index is 13.0. The number of hydrogen-bond acceptors (Lipinski definition) is 8. The molecule has 0 aliphatic rings. The Bertz CT molecular complexity index is 2780. The number of nitrogens with zero attached hydrogens (tertiary/aromatic N) is 1. The number of allylic oxidation sites excluding steroid dienone is 44. The van der Waals surface area contributed by atoms with Crippen molar-refractivity contribution < 1.29 is 42.9 Å². The second-order valence-corrected chi connectivity index (χ2v) is 27.6. The molecule has 594 valence electrons. The molecule has 0 radical (unpaired) electrons. The molecular weight excluding hydrogens is 1320 g/mol. The predicted molar refractivity (Wildman–Crippen MR) is 462 cm³/mol. The summed E-state index contributed by atoms with van der Waals surface area (Å²) >= 11 is 0. The SMILES string of the molecule is CC/C=C\C/C=C\C/C=C\C/C=C\C/C=C\C/C=C\C/C=C\C/C=C\C/C=C\C/C=C\C/C=C\CCCCCCCCCC(=O)OCC(COC(OCC[N+](C)(C)C)C(=O)[O-])OC(=O)CCCCCCCCC/C=C\C/C=C\C/C=C\C/C=C\C/C=C\C/C=C\C/C=C\C/C=C\C/C=C\C/C=C\C/C=C\CC. The van der Waals surface area contributed by atoms with Crippen molar-refractivity contribution in [1.29, 1.82) is 0 Å². The number of aliphatic carboxylic acids is 1. The maximum Gasteiger partial charge on any atom is 0.306 e. The molecule has 0 rings (SSSR count). The standard InChI is InChI=1S/C98H149NO8/c1-6-8-10-12-14-16-18-20-22-24-26-28-30-32-34-36-38-40-42-44-46-48-50-52-54-56-58-60-62-64-66-68-70-72-74-76-78-80-82-84-86-88-95(100)105-92-94(93-106-98(97(102)103)104-91-90-99(3,4)5)107-96(101)89-87-85-83-81-79-77-75-73-71-69-67-65-63-61-59-57-55-53-51-49-47-45-43-41-39-37-35-33-31-29-27-25-23-21-19-17-15-13-11-9-7-2/h8-11,14-17,20-23,26-29,32-35,38-41,44-47,50-53,56-59,62-65,68-71,94,98H,6-7,12-13,18-19,24-25,30-31,36-37,42-43,48-49,54-55,60-61,66-67,72-93H2,1-5H3/b10-8-,11-9-,16-14-,17-15-,22-20-,23-21-,28-26-,29-27-,34-32-,35-33-,40-38-,41-39-,46-44-,47-45-,52-50-,53-51-,58-56-,59-57-,64-62-,65-63-,70-68-,71-69-. The molecule has 107 heavy (non-hydrogen) atoms. The summed E-state index contributed by atoms with van der Waals surface area (Å²) in [5.41, 5.74) is 0. The molecule has 0 aliphatic heterocycles. The van der Waals surface area contributed by atoms with Gasteiger partial charge in [-0.2, -0.15) is 0 Å². The lowest BCUT2D eigenvalue weighted by atomic mass is 10.1. The van der Waals surface area contributed by atoms with E-state index in [4.69, 9.17) is 18.9 Å². The van der Waals surface area contributed by atoms with E-state index in [-0.39, 0.29) is 38.6 Å². The van der Waals surface area contributed by atoms with Crippen molar-refractivity contribution >= 4 is 17.9 Å². The normalized spacial score (nSPS) is 14.1. The van der Waals surface area contributed by atoms with Crippen LogP contribution in [0.2, 0.25) is 0 Å². The number of unbranched alkanes of at least 4 members (excludes halogenated alkanes) is 14. The quantitative estimate of drug-likeness (QED) is 0.0195. The second-order valence-electron chi connectivity index (χ2n) is 27.6. The summed E-state index contributed by atoms with van der Waals surface area (Å²) in [6.45, 7) is 4.46. The summed E-state index contributed by atoms with van der Waals surface area (Å²) in [6.07, 6.45) is 135. The van der Waals surface area contributed by atoms with Gasteiger partial charge in [0.25, 0.3) is 0 Å². The van der Waals surface area contributed by atoms with Crippen LogP contribution in [0.25, 0.3) is 0 Å². The monoisotopic (exact) mass is 1470 g/mol. The topological polar surface area (TPSA) is 111 Å². The van der Waals surface area contributed by atoms with Crippen LogP contribution < -0.4 is 5.11 Å². The van der Waals surface area contributed by atoms with Gasteiger partial charge in [0, 0.05) is 12.8 Å². The lowest BCUT2D eigenvalue weighted by molar-refractivity contribution is -0.870. The molecule has 0 aliphatic carbocycles. The van der Waals surface area contributed by atoms with Crippen LogP contribution in [0.1, 0.15) is 271 Å². The molecule has 2 unspecified atom stereocenters. The fourth-order valence-electron chi connectivity index (χ4n) is 10.3. The lowest BCUT2D eigenvalue weighted by Crippen LogP contribution is -2.44. The molecule has 0 heterocycles. The molecule has 2 atom stereocenters. The van der Waals surface area contributed by atoms with Gasteiger partial charge in [-0.15, -0.1) is 0 Å². The molecule has 0 fully saturated rings. The van der Waals surface area contributed by atoms with Crippen LogP contribution in [0.15, 0.2) is 267 Å². The van der Waals surface area contributed by atoms with Crippen molar-refractivity contribution in [3.8, 4) is 0 Å². The Labute approximate surface area is 655 Å². The third-order valence-electron chi connectivity index (χ3n) is 16.5. The number of hydrogen-bond donors (Lipinski definition) is 0. The summed E-state index contributed by atoms with van der Waals surface area (Å²) in [5, 5.41) is 11.9. The van der Waals surface area contributed by atoms with Crippen LogP contribution in [-0.4, -0.2) is 82.3 Å². The number of likely N-dealkylation sites (N-methyl/N-ethyl adjacent to an activating group) is 1. The first-order valence-corrected chi connectivity index (χ1v) is 41.5. The van der Waals surface area contributed by atoms with Gasteiger partial charge in [0.05, 0.1) is 40.3 Å². The van der Waals surface area contributed by atoms with Crippen molar-refractivity contribution in [2.24, 2.45) is 0 Å². The Balaban J connectivity index is 4.21. The minimum absolute atomic E-state index is 0.129. The molecule has 9 nitrogen and oxygen atoms in total. The van der Waals surface area contributed by atoms with Crippen LogP contribution in [0, 0.1) is 0 Å². The molecule has 0 spiro atoms. The summed E-state index contributed by atoms with van der Waals surface area (Å²) in [6, 6.07) is 0. The first-order valence-electron chi connectivity index (χ1n) is 41.5. The molecule has 0 aromatic carbocycles. The molecule has 0 N–H and O–H groups in total. The first kappa shape index (κ1) is 99.6. The van der Waals surface area contributed by atoms with Gasteiger partial charge in [-0.1, -0.05) is 345 Å². The van der Waals surface area contributed by atoms with Gasteiger partial charge in [-0.05, 0) is 180 Å². The van der Waals surface area contributed by atoms with Crippen LogP contribution in [0.5, 0.6) is 0 Å². The Morgan fingerprint density at radius 1 is 0.280 bits per heavy atom. The largest absolute Gasteiger partial charge is 0.545 e. The Kier molecular flexibility index (Phi) is 78.4. The maximum absolute atomic E-state index is 13.0. The number of quaternary nitrogens is 1. The average molecular weight is 1470 g/mol. The highest BCUT2D eigenvalue weighted by Crippen LogP contribution is 2.15. The highest BCUT2D eigenvalue weighted by molar-refractivity contribution is 5.70. The fraction of sp³-hybridized carbons (Fsp3) is 0.520. The molecule has 0 saturated heterocycles. The minimum Gasteiger partial charge on any atom is -0.545 e. The molecule has 0 aromatic heterocycles. The summed E-state index contributed by atoms with van der Waals surface area (Å²) < 4.78 is 22.8. The zero-order valence-corrected chi connectivity index (χ0v) is 67.9. The van der Waals surface area contributed by atoms with E-state index in [9.17, 15) is 19.5 Å². The molecule has 9 heteroatoms. The van der Waals surface area contributed by atoms with Gasteiger partial charge in [-0.25, -0.2) is 0 Å². The predicted octanol–water partition coefficient (Wildman–Crippen LogP) is 26.1. The lowest BCUT2D eigenvalue weighted by Gasteiger charge is -2.26. The third kappa shape index (κ3) is 85.7. The number of carboxylic acids is 1. The molecule has 0 bridgehead atoms. The zero-order chi connectivity index (χ0) is 77.4. The van der Waals surface area contributed by atoms with E-state index in [1.54, 1.807) is 0 Å². The minimum atomic E-state index is -1.65. The first-order chi connectivity index (χ1) is 52.6. The van der Waals surface area contributed by atoms with E-state index in [2.05, 4.69) is 281 Å². The van der Waals surface area contributed by atoms with Gasteiger partial charge in [0.15, 0.2) is 12.4 Å². The zero-order valence-electron chi connectivity index (χ0n) is 67.9. The van der Waals surface area contributed by atoms with E-state index >= 15 is 0 Å². The van der Waals surface area contributed by atoms with E-state index in [0.717, 1.165) is 199 Å². The highest BCUT2D eigenvalue weighted by Gasteiger charge is 2.22. The van der Waals surface area contributed by atoms with Gasteiger partial charge < -0.3 is 33.3 Å². The van der Waals surface area contributed by atoms with Crippen molar-refractivity contribution in [1.82, 2.24) is 0 Å². The molecule has 0 saturated carbocycles. The van der Waals surface area contributed by atoms with E-state index in [0.29, 0.717) is 23.9 Å². The number of carboxylic acid groups (broad SMARTS) is 1. The van der Waals surface area contributed by atoms with Crippen LogP contribution in [-0.2, 0) is 33.3 Å². The van der Waals surface area contributed by atoms with Crippen molar-refractivity contribution in [2.45, 2.75) is 283 Å². The molecule has 0 aromatic rings. The van der Waals surface area contributed by atoms with Gasteiger partial charge in [0.1, 0.15) is 13.2 Å². The fourth-order valence-corrected chi connectivity index (χ4v) is 10.3. The number of carbonyl (C=O) groups excluding carboxylic acids is 3. The van der Waals surface area contributed by atoms with Crippen LogP contribution in [0.3, 0.4) is 0 Å². The van der Waals surface area contributed by atoms with Crippen molar-refractivity contribution in [3.05, 3.63) is 267 Å². The highest BCUT2D eigenvalue weighted by atomic mass is 16.7. The summed E-state index contributed by atoms with van der Waals surface area (Å²) in [7, 11) is 5.91. The third-order valence-corrected chi connectivity index (χ3v) is 16.5. The van der Waals surface area contributed by atoms with E-state index in [1.165, 1.54) is 32.1 Å². The van der Waals surface area contributed by atoms with Crippen LogP contribution in [0.4, 0.5) is 0 Å². The second kappa shape index (κ2) is 84.2. The number of rotatable bonds is 73. The van der Waals surface area contributed by atoms with Crippen molar-refractivity contribution in [2.75, 3.05) is 47.5 Å². The Morgan fingerprint density at radius 3 is 0.748 bits per heavy atom. The number of esters is 2. The summed E-state index contributed by atoms with van der Waals surface area (Å²) in [5.74, 6) is -2.34. The van der Waals surface area contributed by atoms with Crippen LogP contribution >= 0.6 is 0 Å². The smallest absolute Gasteiger partial charge is 0.306 e. The van der Waals surface area contributed by atoms with Gasteiger partial charge in [-0.3, -0.25) is 9.59 Å². The Morgan fingerprint density at radius 2 is 0.505 bits per heavy atom.